The first-order valence-corrected chi connectivity index (χ1v) is 5.18. The van der Waals surface area contributed by atoms with Crippen molar-refractivity contribution in [2.75, 3.05) is 20.3 Å². The van der Waals surface area contributed by atoms with E-state index >= 15 is 0 Å². The summed E-state index contributed by atoms with van der Waals surface area (Å²) in [6, 6.07) is 5.17. The second-order valence-electron chi connectivity index (χ2n) is 3.62. The number of hydrogen-bond acceptors (Lipinski definition) is 2. The molecule has 0 bridgehead atoms. The molecule has 0 aliphatic carbocycles. The molecule has 0 aliphatic heterocycles. The molecular weight excluding hydrogens is 193 g/mol. The van der Waals surface area contributed by atoms with Crippen LogP contribution in [0.3, 0.4) is 0 Å². The maximum atomic E-state index is 13.3. The fourth-order valence-electron chi connectivity index (χ4n) is 1.40. The zero-order valence-corrected chi connectivity index (χ0v) is 9.35. The Kier molecular flexibility index (Phi) is 5.29. The molecule has 0 spiro atoms. The predicted molar refractivity (Wildman–Crippen MR) is 59.3 cm³/mol. The van der Waals surface area contributed by atoms with Crippen molar-refractivity contribution in [3.63, 3.8) is 0 Å². The third kappa shape index (κ3) is 4.40. The highest BCUT2D eigenvalue weighted by Gasteiger charge is 2.00. The largest absolute Gasteiger partial charge is 0.385 e. The van der Waals surface area contributed by atoms with E-state index in [9.17, 15) is 4.39 Å². The first kappa shape index (κ1) is 12.1. The Bertz CT molecular complexity index is 302. The van der Waals surface area contributed by atoms with Crippen molar-refractivity contribution < 1.29 is 9.13 Å². The molecule has 0 heterocycles. The zero-order chi connectivity index (χ0) is 11.1. The fraction of sp³-hybridized carbons (Fsp3) is 0.500. The van der Waals surface area contributed by atoms with Crippen LogP contribution in [0.25, 0.3) is 0 Å². The molecule has 0 atom stereocenters. The number of methoxy groups -OCH3 is 1. The number of benzene rings is 1. The van der Waals surface area contributed by atoms with E-state index in [0.717, 1.165) is 30.7 Å². The summed E-state index contributed by atoms with van der Waals surface area (Å²) in [7, 11) is 1.68. The van der Waals surface area contributed by atoms with Gasteiger partial charge in [0.15, 0.2) is 0 Å². The molecule has 0 aliphatic rings. The van der Waals surface area contributed by atoms with Crippen LogP contribution in [-0.4, -0.2) is 20.3 Å². The first-order chi connectivity index (χ1) is 7.24. The predicted octanol–water partition coefficient (Wildman–Crippen LogP) is 2.26. The number of hydrogen-bond donors (Lipinski definition) is 1. The lowest BCUT2D eigenvalue weighted by Gasteiger charge is -2.06. The second kappa shape index (κ2) is 6.53. The lowest BCUT2D eigenvalue weighted by molar-refractivity contribution is 0.194. The summed E-state index contributed by atoms with van der Waals surface area (Å²) in [5.74, 6) is -0.139. The summed E-state index contributed by atoms with van der Waals surface area (Å²) in [6.45, 7) is 4.13. The highest BCUT2D eigenvalue weighted by molar-refractivity contribution is 5.23. The van der Waals surface area contributed by atoms with Gasteiger partial charge in [0.25, 0.3) is 0 Å². The van der Waals surface area contributed by atoms with Crippen LogP contribution >= 0.6 is 0 Å². The number of nitrogens with one attached hydrogen (secondary N) is 1. The molecule has 1 aromatic carbocycles. The van der Waals surface area contributed by atoms with Crippen molar-refractivity contribution >= 4 is 0 Å². The van der Waals surface area contributed by atoms with Gasteiger partial charge in [-0.15, -0.1) is 0 Å². The van der Waals surface area contributed by atoms with E-state index in [1.165, 1.54) is 6.07 Å². The Morgan fingerprint density at radius 3 is 2.93 bits per heavy atom. The molecule has 1 aromatic rings. The minimum Gasteiger partial charge on any atom is -0.385 e. The normalized spacial score (nSPS) is 10.6. The molecule has 3 heteroatoms. The van der Waals surface area contributed by atoms with Gasteiger partial charge in [0.2, 0.25) is 0 Å². The fourth-order valence-corrected chi connectivity index (χ4v) is 1.40. The van der Waals surface area contributed by atoms with Crippen LogP contribution in [0.5, 0.6) is 0 Å². The van der Waals surface area contributed by atoms with Gasteiger partial charge in [-0.25, -0.2) is 4.39 Å². The number of rotatable bonds is 6. The summed E-state index contributed by atoms with van der Waals surface area (Å²) in [5, 5.41) is 3.18. The van der Waals surface area contributed by atoms with Crippen molar-refractivity contribution in [3.8, 4) is 0 Å². The van der Waals surface area contributed by atoms with Crippen LogP contribution in [0, 0.1) is 12.7 Å². The van der Waals surface area contributed by atoms with Gasteiger partial charge in [-0.05, 0) is 26.0 Å². The smallest absolute Gasteiger partial charge is 0.127 e. The Balaban J connectivity index is 2.33. The summed E-state index contributed by atoms with van der Waals surface area (Å²) in [5.41, 5.74) is 1.82. The number of aryl methyl sites for hydroxylation is 1. The average Bonchev–Trinajstić information content (AvgIpc) is 2.23. The third-order valence-electron chi connectivity index (χ3n) is 2.22. The zero-order valence-electron chi connectivity index (χ0n) is 9.35. The monoisotopic (exact) mass is 211 g/mol. The van der Waals surface area contributed by atoms with Crippen molar-refractivity contribution in [2.24, 2.45) is 0 Å². The van der Waals surface area contributed by atoms with Gasteiger partial charge in [-0.1, -0.05) is 17.7 Å². The van der Waals surface area contributed by atoms with Crippen molar-refractivity contribution in [1.29, 1.82) is 0 Å². The topological polar surface area (TPSA) is 21.3 Å². The maximum Gasteiger partial charge on any atom is 0.127 e. The van der Waals surface area contributed by atoms with E-state index in [4.69, 9.17) is 4.74 Å². The van der Waals surface area contributed by atoms with E-state index in [1.54, 1.807) is 13.2 Å². The van der Waals surface area contributed by atoms with Gasteiger partial charge >= 0.3 is 0 Å². The van der Waals surface area contributed by atoms with E-state index in [-0.39, 0.29) is 5.82 Å². The molecule has 84 valence electrons. The van der Waals surface area contributed by atoms with E-state index in [1.807, 2.05) is 13.0 Å². The number of halogens is 1. The van der Waals surface area contributed by atoms with Crippen LogP contribution in [0.1, 0.15) is 17.5 Å². The van der Waals surface area contributed by atoms with Gasteiger partial charge < -0.3 is 10.1 Å². The van der Waals surface area contributed by atoms with Crippen LogP contribution in [0.15, 0.2) is 18.2 Å². The molecule has 1 rings (SSSR count). The molecule has 0 saturated heterocycles. The van der Waals surface area contributed by atoms with E-state index < -0.39 is 0 Å². The second-order valence-corrected chi connectivity index (χ2v) is 3.62. The molecular formula is C12H18FNO. The van der Waals surface area contributed by atoms with Gasteiger partial charge in [0, 0.05) is 25.8 Å². The lowest BCUT2D eigenvalue weighted by Crippen LogP contribution is -2.17. The molecule has 1 N–H and O–H groups in total. The molecule has 0 unspecified atom stereocenters. The highest BCUT2D eigenvalue weighted by Crippen LogP contribution is 2.09. The lowest BCUT2D eigenvalue weighted by atomic mass is 10.1. The van der Waals surface area contributed by atoms with Crippen molar-refractivity contribution in [1.82, 2.24) is 5.32 Å². The van der Waals surface area contributed by atoms with Gasteiger partial charge in [-0.3, -0.25) is 0 Å². The average molecular weight is 211 g/mol. The van der Waals surface area contributed by atoms with Gasteiger partial charge in [0.1, 0.15) is 5.82 Å². The minimum absolute atomic E-state index is 0.139. The molecule has 2 nitrogen and oxygen atoms in total. The number of ether oxygens (including phenoxy) is 1. The SMILES string of the molecule is COCCCNCc1cc(C)ccc1F. The highest BCUT2D eigenvalue weighted by atomic mass is 19.1. The van der Waals surface area contributed by atoms with Crippen molar-refractivity contribution in [2.45, 2.75) is 19.9 Å². The van der Waals surface area contributed by atoms with E-state index in [2.05, 4.69) is 5.32 Å². The molecule has 15 heavy (non-hydrogen) atoms. The quantitative estimate of drug-likeness (QED) is 0.729. The molecule has 0 fully saturated rings. The van der Waals surface area contributed by atoms with Gasteiger partial charge in [-0.2, -0.15) is 0 Å². The Morgan fingerprint density at radius 1 is 1.40 bits per heavy atom. The van der Waals surface area contributed by atoms with Crippen molar-refractivity contribution in [3.05, 3.63) is 35.1 Å². The summed E-state index contributed by atoms with van der Waals surface area (Å²) in [6.07, 6.45) is 0.948. The van der Waals surface area contributed by atoms with Crippen LogP contribution < -0.4 is 5.32 Å². The molecule has 0 amide bonds. The third-order valence-corrected chi connectivity index (χ3v) is 2.22. The summed E-state index contributed by atoms with van der Waals surface area (Å²) < 4.78 is 18.2. The Labute approximate surface area is 90.4 Å². The van der Waals surface area contributed by atoms with Crippen LogP contribution in [0.2, 0.25) is 0 Å². The first-order valence-electron chi connectivity index (χ1n) is 5.18. The molecule has 0 radical (unpaired) electrons. The summed E-state index contributed by atoms with van der Waals surface area (Å²) >= 11 is 0. The Hall–Kier alpha value is -0.930. The minimum atomic E-state index is -0.139. The van der Waals surface area contributed by atoms with Crippen LogP contribution in [0.4, 0.5) is 4.39 Å². The van der Waals surface area contributed by atoms with Crippen LogP contribution in [-0.2, 0) is 11.3 Å². The Morgan fingerprint density at radius 2 is 2.20 bits per heavy atom. The van der Waals surface area contributed by atoms with Gasteiger partial charge in [0.05, 0.1) is 0 Å². The maximum absolute atomic E-state index is 13.3. The van der Waals surface area contributed by atoms with E-state index in [0.29, 0.717) is 6.54 Å². The molecule has 0 aromatic heterocycles. The summed E-state index contributed by atoms with van der Waals surface area (Å²) in [4.78, 5) is 0. The standard InChI is InChI=1S/C12H18FNO/c1-10-4-5-12(13)11(8-10)9-14-6-3-7-15-2/h4-5,8,14H,3,6-7,9H2,1-2H3. The molecule has 0 saturated carbocycles.